The van der Waals surface area contributed by atoms with Gasteiger partial charge in [0.05, 0.1) is 0 Å². The largest absolute Gasteiger partial charge is 0.352 e. The number of hydrogen-bond donors (Lipinski definition) is 2. The quantitative estimate of drug-likeness (QED) is 0.876. The molecule has 22 heavy (non-hydrogen) atoms. The molecule has 0 bridgehead atoms. The molecule has 2 fully saturated rings. The summed E-state index contributed by atoms with van der Waals surface area (Å²) in [5.74, 6) is 0.254. The van der Waals surface area contributed by atoms with E-state index in [0.717, 1.165) is 24.1 Å². The van der Waals surface area contributed by atoms with Crippen molar-refractivity contribution in [1.82, 2.24) is 10.2 Å². The molecule has 1 aromatic heterocycles. The molecule has 1 saturated carbocycles. The average molecular weight is 344 g/mol. The number of nitrogens with one attached hydrogen (secondary N) is 1. The molecule has 3 rings (SSSR count). The second-order valence-electron chi connectivity index (χ2n) is 5.86. The number of carbonyl (C=O) groups is 2. The van der Waals surface area contributed by atoms with E-state index in [9.17, 15) is 9.59 Å². The fourth-order valence-corrected chi connectivity index (χ4v) is 4.16. The number of amides is 2. The van der Waals surface area contributed by atoms with E-state index in [1.54, 1.807) is 4.90 Å². The van der Waals surface area contributed by atoms with Gasteiger partial charge in [0, 0.05) is 30.4 Å². The smallest absolute Gasteiger partial charge is 0.248 e. The van der Waals surface area contributed by atoms with E-state index in [-0.39, 0.29) is 36.2 Å². The minimum Gasteiger partial charge on any atom is -0.352 e. The highest BCUT2D eigenvalue weighted by atomic mass is 35.5. The van der Waals surface area contributed by atoms with E-state index in [1.165, 1.54) is 11.3 Å². The first-order valence-corrected chi connectivity index (χ1v) is 8.41. The first-order chi connectivity index (χ1) is 10.2. The monoisotopic (exact) mass is 343 g/mol. The summed E-state index contributed by atoms with van der Waals surface area (Å²) in [6, 6.07) is 3.50. The summed E-state index contributed by atoms with van der Waals surface area (Å²) in [6.07, 6.45) is 3.60. The topological polar surface area (TPSA) is 75.4 Å². The van der Waals surface area contributed by atoms with Crippen molar-refractivity contribution in [3.05, 3.63) is 22.4 Å². The number of halogens is 1. The van der Waals surface area contributed by atoms with Crippen LogP contribution in [0.2, 0.25) is 0 Å². The number of hydrogen-bond acceptors (Lipinski definition) is 4. The molecule has 1 unspecified atom stereocenters. The Kier molecular flexibility index (Phi) is 5.83. The van der Waals surface area contributed by atoms with Crippen LogP contribution in [0, 0.1) is 5.92 Å². The molecule has 0 aromatic carbocycles. The predicted octanol–water partition coefficient (Wildman–Crippen LogP) is 1.69. The molecule has 7 heteroatoms. The number of rotatable bonds is 3. The number of piperazine rings is 1. The van der Waals surface area contributed by atoms with E-state index in [4.69, 9.17) is 5.73 Å². The van der Waals surface area contributed by atoms with Crippen LogP contribution in [0.1, 0.15) is 36.6 Å². The summed E-state index contributed by atoms with van der Waals surface area (Å²) in [7, 11) is 0. The molecule has 1 aromatic rings. The third kappa shape index (κ3) is 3.45. The van der Waals surface area contributed by atoms with Gasteiger partial charge in [-0.3, -0.25) is 9.59 Å². The maximum atomic E-state index is 12.6. The number of nitrogens with two attached hydrogens (primary N) is 1. The lowest BCUT2D eigenvalue weighted by Gasteiger charge is -2.35. The van der Waals surface area contributed by atoms with E-state index in [0.29, 0.717) is 19.5 Å². The van der Waals surface area contributed by atoms with E-state index in [1.807, 2.05) is 17.5 Å². The Hall–Kier alpha value is -1.11. The molecule has 1 saturated heterocycles. The molecule has 0 radical (unpaired) electrons. The van der Waals surface area contributed by atoms with Crippen LogP contribution in [0.5, 0.6) is 0 Å². The van der Waals surface area contributed by atoms with Crippen LogP contribution in [0.4, 0.5) is 0 Å². The zero-order valence-electron chi connectivity index (χ0n) is 12.4. The third-order valence-electron chi connectivity index (χ3n) is 4.50. The molecule has 2 heterocycles. The Morgan fingerprint density at radius 3 is 2.91 bits per heavy atom. The van der Waals surface area contributed by atoms with Crippen LogP contribution < -0.4 is 11.1 Å². The van der Waals surface area contributed by atoms with Gasteiger partial charge in [0.15, 0.2) is 0 Å². The van der Waals surface area contributed by atoms with Crippen LogP contribution >= 0.6 is 23.7 Å². The first kappa shape index (κ1) is 17.2. The van der Waals surface area contributed by atoms with Gasteiger partial charge in [0.1, 0.15) is 6.04 Å². The Morgan fingerprint density at radius 1 is 1.45 bits per heavy atom. The standard InChI is InChI=1S/C15H21N3O2S.ClH/c16-11-4-1-3-10(11)9-13(19)18-7-6-17-15(20)14(18)12-5-2-8-21-12;/h2,5,8,10-11,14H,1,3-4,6-7,9,16H2,(H,17,20);1H/t10-,11+,14?;/m0./s1. The molecule has 1 aliphatic heterocycles. The van der Waals surface area contributed by atoms with Crippen LogP contribution in [-0.4, -0.2) is 35.8 Å². The van der Waals surface area contributed by atoms with Crippen molar-refractivity contribution in [2.75, 3.05) is 13.1 Å². The van der Waals surface area contributed by atoms with Gasteiger partial charge >= 0.3 is 0 Å². The normalized spacial score (nSPS) is 28.1. The van der Waals surface area contributed by atoms with Crippen molar-refractivity contribution in [3.63, 3.8) is 0 Å². The van der Waals surface area contributed by atoms with Crippen molar-refractivity contribution in [1.29, 1.82) is 0 Å². The van der Waals surface area contributed by atoms with Crippen LogP contribution in [-0.2, 0) is 9.59 Å². The molecule has 3 N–H and O–H groups in total. The Balaban J connectivity index is 0.00000176. The van der Waals surface area contributed by atoms with Crippen molar-refractivity contribution in [3.8, 4) is 0 Å². The van der Waals surface area contributed by atoms with Gasteiger partial charge in [0.25, 0.3) is 0 Å². The minimum atomic E-state index is -0.469. The Bertz CT molecular complexity index is 523. The molecule has 2 amide bonds. The summed E-state index contributed by atoms with van der Waals surface area (Å²) in [6.45, 7) is 1.11. The summed E-state index contributed by atoms with van der Waals surface area (Å²) >= 11 is 1.52. The lowest BCUT2D eigenvalue weighted by atomic mass is 9.98. The summed E-state index contributed by atoms with van der Waals surface area (Å²) in [5, 5.41) is 4.79. The van der Waals surface area contributed by atoms with Gasteiger partial charge in [-0.05, 0) is 30.2 Å². The Labute approximate surface area is 140 Å². The van der Waals surface area contributed by atoms with Crippen molar-refractivity contribution in [2.45, 2.75) is 37.8 Å². The van der Waals surface area contributed by atoms with Gasteiger partial charge in [-0.25, -0.2) is 0 Å². The SMILES string of the molecule is Cl.N[C@@H]1CCC[C@H]1CC(=O)N1CCNC(=O)C1c1cccs1. The first-order valence-electron chi connectivity index (χ1n) is 7.53. The molecule has 1 aliphatic carbocycles. The highest BCUT2D eigenvalue weighted by Crippen LogP contribution is 2.31. The number of carbonyl (C=O) groups excluding carboxylic acids is 2. The zero-order chi connectivity index (χ0) is 14.8. The maximum absolute atomic E-state index is 12.6. The van der Waals surface area contributed by atoms with Gasteiger partial charge < -0.3 is 16.0 Å². The van der Waals surface area contributed by atoms with Crippen molar-refractivity contribution < 1.29 is 9.59 Å². The molecular weight excluding hydrogens is 322 g/mol. The third-order valence-corrected chi connectivity index (χ3v) is 5.42. The number of thiophene rings is 1. The van der Waals surface area contributed by atoms with Gasteiger partial charge in [-0.15, -0.1) is 23.7 Å². The van der Waals surface area contributed by atoms with E-state index < -0.39 is 6.04 Å². The van der Waals surface area contributed by atoms with Gasteiger partial charge in [-0.2, -0.15) is 0 Å². The summed E-state index contributed by atoms with van der Waals surface area (Å²) in [4.78, 5) is 27.5. The lowest BCUT2D eigenvalue weighted by molar-refractivity contribution is -0.144. The second-order valence-corrected chi connectivity index (χ2v) is 6.83. The lowest BCUT2D eigenvalue weighted by Crippen LogP contribution is -2.52. The highest BCUT2D eigenvalue weighted by molar-refractivity contribution is 7.10. The highest BCUT2D eigenvalue weighted by Gasteiger charge is 2.36. The minimum absolute atomic E-state index is 0. The van der Waals surface area contributed by atoms with Crippen molar-refractivity contribution in [2.24, 2.45) is 11.7 Å². The maximum Gasteiger partial charge on any atom is 0.248 e. The average Bonchev–Trinajstić information content (AvgIpc) is 3.11. The van der Waals surface area contributed by atoms with E-state index in [2.05, 4.69) is 5.32 Å². The second kappa shape index (κ2) is 7.44. The van der Waals surface area contributed by atoms with E-state index >= 15 is 0 Å². The van der Waals surface area contributed by atoms with Crippen LogP contribution in [0.15, 0.2) is 17.5 Å². The summed E-state index contributed by atoms with van der Waals surface area (Å²) < 4.78 is 0. The van der Waals surface area contributed by atoms with Crippen molar-refractivity contribution >= 4 is 35.6 Å². The summed E-state index contributed by atoms with van der Waals surface area (Å²) in [5.41, 5.74) is 6.07. The van der Waals surface area contributed by atoms with Crippen LogP contribution in [0.3, 0.4) is 0 Å². The molecular formula is C15H22ClN3O2S. The van der Waals surface area contributed by atoms with Gasteiger partial charge in [0.2, 0.25) is 11.8 Å². The number of nitrogens with zero attached hydrogens (tertiary/aromatic N) is 1. The molecule has 122 valence electrons. The Morgan fingerprint density at radius 2 is 2.27 bits per heavy atom. The fraction of sp³-hybridized carbons (Fsp3) is 0.600. The van der Waals surface area contributed by atoms with Crippen LogP contribution in [0.25, 0.3) is 0 Å². The molecule has 5 nitrogen and oxygen atoms in total. The predicted molar refractivity (Wildman–Crippen MR) is 89.0 cm³/mol. The molecule has 3 atom stereocenters. The van der Waals surface area contributed by atoms with Gasteiger partial charge in [-0.1, -0.05) is 12.5 Å². The zero-order valence-corrected chi connectivity index (χ0v) is 14.0. The fourth-order valence-electron chi connectivity index (χ4n) is 3.33. The molecule has 0 spiro atoms. The molecule has 2 aliphatic rings.